The lowest BCUT2D eigenvalue weighted by molar-refractivity contribution is -0.154. The van der Waals surface area contributed by atoms with E-state index in [0.717, 1.165) is 38.5 Å². The van der Waals surface area contributed by atoms with Crippen LogP contribution >= 0.6 is 0 Å². The Hall–Kier alpha value is -1.06. The lowest BCUT2D eigenvalue weighted by Crippen LogP contribution is -2.18. The Kier molecular flexibility index (Phi) is 17.0. The number of hydrogen-bond donors (Lipinski definition) is 0. The first-order valence-electron chi connectivity index (χ1n) is 12.6. The molecule has 0 spiro atoms. The molecule has 4 heteroatoms. The van der Waals surface area contributed by atoms with Gasteiger partial charge in [0.2, 0.25) is 0 Å². The third-order valence-electron chi connectivity index (χ3n) is 5.89. The second kappa shape index (κ2) is 18.9. The van der Waals surface area contributed by atoms with Gasteiger partial charge < -0.3 is 9.47 Å². The van der Waals surface area contributed by atoms with E-state index in [1.54, 1.807) is 0 Å². The number of esters is 2. The van der Waals surface area contributed by atoms with Gasteiger partial charge in [-0.3, -0.25) is 9.59 Å². The summed E-state index contributed by atoms with van der Waals surface area (Å²) in [6.45, 7) is 2.74. The van der Waals surface area contributed by atoms with Gasteiger partial charge in [-0.1, -0.05) is 90.4 Å². The molecule has 0 radical (unpaired) electrons. The molecule has 0 aromatic heterocycles. The third kappa shape index (κ3) is 16.4. The van der Waals surface area contributed by atoms with E-state index in [0.29, 0.717) is 6.61 Å². The minimum atomic E-state index is -0.272. The second-order valence-electron chi connectivity index (χ2n) is 8.71. The highest BCUT2D eigenvalue weighted by Crippen LogP contribution is 2.20. The maximum Gasteiger partial charge on any atom is 0.306 e. The summed E-state index contributed by atoms with van der Waals surface area (Å²) in [6.07, 6.45) is 22.6. The Labute approximate surface area is 179 Å². The zero-order valence-corrected chi connectivity index (χ0v) is 19.1. The van der Waals surface area contributed by atoms with Gasteiger partial charge >= 0.3 is 11.9 Å². The highest BCUT2D eigenvalue weighted by atomic mass is 16.5. The Balaban J connectivity index is 1.84. The monoisotopic (exact) mass is 410 g/mol. The van der Waals surface area contributed by atoms with Crippen LogP contribution in [-0.4, -0.2) is 24.6 Å². The van der Waals surface area contributed by atoms with Crippen molar-refractivity contribution in [1.29, 1.82) is 0 Å². The summed E-state index contributed by atoms with van der Waals surface area (Å²) in [4.78, 5) is 23.7. The van der Waals surface area contributed by atoms with Gasteiger partial charge in [0.05, 0.1) is 19.4 Å². The number of unbranched alkanes of at least 4 members (excludes halogenated alkanes) is 11. The molecule has 0 aromatic rings. The fraction of sp³-hybridized carbons (Fsp3) is 0.920. The average molecular weight is 411 g/mol. The number of rotatable bonds is 17. The first-order chi connectivity index (χ1) is 14.2. The second-order valence-corrected chi connectivity index (χ2v) is 8.71. The lowest BCUT2D eigenvalue weighted by Gasteiger charge is -2.15. The molecule has 0 amide bonds. The molecule has 1 fully saturated rings. The van der Waals surface area contributed by atoms with Crippen LogP contribution in [0, 0.1) is 0 Å². The fourth-order valence-corrected chi connectivity index (χ4v) is 4.01. The van der Waals surface area contributed by atoms with Crippen molar-refractivity contribution in [3.05, 3.63) is 0 Å². The lowest BCUT2D eigenvalue weighted by atomic mass is 10.1. The van der Waals surface area contributed by atoms with E-state index < -0.39 is 0 Å². The van der Waals surface area contributed by atoms with Crippen LogP contribution in [0.4, 0.5) is 0 Å². The largest absolute Gasteiger partial charge is 0.466 e. The molecule has 0 atom stereocenters. The summed E-state index contributed by atoms with van der Waals surface area (Å²) >= 11 is 0. The van der Waals surface area contributed by atoms with Crippen molar-refractivity contribution in [2.45, 2.75) is 141 Å². The van der Waals surface area contributed by atoms with Crippen LogP contribution in [0.5, 0.6) is 0 Å². The van der Waals surface area contributed by atoms with Crippen LogP contribution in [0.3, 0.4) is 0 Å². The molecule has 0 aliphatic heterocycles. The highest BCUT2D eigenvalue weighted by Gasteiger charge is 2.17. The maximum absolute atomic E-state index is 11.9. The van der Waals surface area contributed by atoms with Crippen LogP contribution in [0.2, 0.25) is 0 Å². The van der Waals surface area contributed by atoms with Crippen molar-refractivity contribution in [2.75, 3.05) is 6.61 Å². The van der Waals surface area contributed by atoms with Crippen LogP contribution in [0.25, 0.3) is 0 Å². The molecule has 1 aliphatic rings. The van der Waals surface area contributed by atoms with E-state index >= 15 is 0 Å². The van der Waals surface area contributed by atoms with E-state index in [4.69, 9.17) is 9.47 Å². The van der Waals surface area contributed by atoms with Crippen molar-refractivity contribution in [3.63, 3.8) is 0 Å². The molecule has 0 N–H and O–H groups in total. The van der Waals surface area contributed by atoms with Gasteiger partial charge in [-0.2, -0.15) is 0 Å². The molecular formula is C25H46O4. The predicted molar refractivity (Wildman–Crippen MR) is 119 cm³/mol. The molecule has 0 heterocycles. The summed E-state index contributed by atoms with van der Waals surface area (Å²) < 4.78 is 10.7. The molecule has 0 aromatic carbocycles. The average Bonchev–Trinajstić information content (AvgIpc) is 2.98. The zero-order chi connectivity index (χ0) is 21.0. The minimum absolute atomic E-state index is 0.0575. The molecule has 0 unspecified atom stereocenters. The molecule has 29 heavy (non-hydrogen) atoms. The first-order valence-corrected chi connectivity index (χ1v) is 12.6. The summed E-state index contributed by atoms with van der Waals surface area (Å²) in [5, 5.41) is 0. The number of ether oxygens (including phenoxy) is 2. The van der Waals surface area contributed by atoms with Crippen molar-refractivity contribution in [2.24, 2.45) is 0 Å². The zero-order valence-electron chi connectivity index (χ0n) is 19.1. The van der Waals surface area contributed by atoms with Gasteiger partial charge in [0.1, 0.15) is 6.10 Å². The molecule has 170 valence electrons. The van der Waals surface area contributed by atoms with Gasteiger partial charge in [-0.05, 0) is 32.1 Å². The van der Waals surface area contributed by atoms with E-state index in [-0.39, 0.29) is 30.9 Å². The molecule has 0 bridgehead atoms. The van der Waals surface area contributed by atoms with Crippen LogP contribution in [-0.2, 0) is 19.1 Å². The Morgan fingerprint density at radius 3 is 1.69 bits per heavy atom. The molecule has 1 aliphatic carbocycles. The summed E-state index contributed by atoms with van der Waals surface area (Å²) in [7, 11) is 0. The van der Waals surface area contributed by atoms with Crippen molar-refractivity contribution in [1.82, 2.24) is 0 Å². The van der Waals surface area contributed by atoms with Gasteiger partial charge in [0, 0.05) is 0 Å². The summed E-state index contributed by atoms with van der Waals surface area (Å²) in [6, 6.07) is 0. The Bertz CT molecular complexity index is 400. The SMILES string of the molecule is CCCCCCCCCCCCCCOC(=O)CCC(=O)OC1CCCCCC1. The van der Waals surface area contributed by atoms with Crippen LogP contribution < -0.4 is 0 Å². The third-order valence-corrected chi connectivity index (χ3v) is 5.89. The Morgan fingerprint density at radius 1 is 0.655 bits per heavy atom. The molecule has 0 saturated heterocycles. The number of carbonyl (C=O) groups is 2. The predicted octanol–water partition coefficient (Wildman–Crippen LogP) is 7.28. The standard InChI is InChI=1S/C25H46O4/c1-2-3-4-5-6-7-8-9-10-11-14-17-22-28-24(26)20-21-25(27)29-23-18-15-12-13-16-19-23/h23H,2-22H2,1H3. The summed E-state index contributed by atoms with van der Waals surface area (Å²) in [5.41, 5.74) is 0. The topological polar surface area (TPSA) is 52.6 Å². The molecule has 4 nitrogen and oxygen atoms in total. The fourth-order valence-electron chi connectivity index (χ4n) is 4.01. The van der Waals surface area contributed by atoms with E-state index in [2.05, 4.69) is 6.92 Å². The molecule has 1 saturated carbocycles. The van der Waals surface area contributed by atoms with Crippen molar-refractivity contribution < 1.29 is 19.1 Å². The van der Waals surface area contributed by atoms with Crippen molar-refractivity contribution in [3.8, 4) is 0 Å². The van der Waals surface area contributed by atoms with Gasteiger partial charge in [0.25, 0.3) is 0 Å². The van der Waals surface area contributed by atoms with Gasteiger partial charge in [0.15, 0.2) is 0 Å². The maximum atomic E-state index is 11.9. The van der Waals surface area contributed by atoms with Gasteiger partial charge in [-0.25, -0.2) is 0 Å². The highest BCUT2D eigenvalue weighted by molar-refractivity contribution is 5.77. The van der Waals surface area contributed by atoms with E-state index in [1.165, 1.54) is 77.0 Å². The van der Waals surface area contributed by atoms with E-state index in [1.807, 2.05) is 0 Å². The molecule has 1 rings (SSSR count). The normalized spacial score (nSPS) is 15.1. The van der Waals surface area contributed by atoms with Gasteiger partial charge in [-0.15, -0.1) is 0 Å². The van der Waals surface area contributed by atoms with Crippen LogP contribution in [0.15, 0.2) is 0 Å². The number of carbonyl (C=O) groups excluding carboxylic acids is 2. The van der Waals surface area contributed by atoms with Crippen molar-refractivity contribution >= 4 is 11.9 Å². The van der Waals surface area contributed by atoms with E-state index in [9.17, 15) is 9.59 Å². The van der Waals surface area contributed by atoms with Crippen LogP contribution in [0.1, 0.15) is 135 Å². The molecular weight excluding hydrogens is 364 g/mol. The summed E-state index contributed by atoms with van der Waals surface area (Å²) in [5.74, 6) is -0.523. The minimum Gasteiger partial charge on any atom is -0.466 e. The quantitative estimate of drug-likeness (QED) is 0.144. The first kappa shape index (κ1) is 26.0. The Morgan fingerprint density at radius 2 is 1.14 bits per heavy atom. The smallest absolute Gasteiger partial charge is 0.306 e. The number of hydrogen-bond acceptors (Lipinski definition) is 4.